The summed E-state index contributed by atoms with van der Waals surface area (Å²) in [5.74, 6) is 1.34. The Balaban J connectivity index is 1.63. The first kappa shape index (κ1) is 17.1. The van der Waals surface area contributed by atoms with Gasteiger partial charge in [0.25, 0.3) is 0 Å². The van der Waals surface area contributed by atoms with Gasteiger partial charge in [-0.05, 0) is 13.0 Å². The van der Waals surface area contributed by atoms with E-state index in [-0.39, 0.29) is 31.1 Å². The van der Waals surface area contributed by atoms with Gasteiger partial charge in [-0.15, -0.1) is 0 Å². The third-order valence-electron chi connectivity index (χ3n) is 4.14. The third-order valence-corrected chi connectivity index (χ3v) is 4.14. The summed E-state index contributed by atoms with van der Waals surface area (Å²) in [6.45, 7) is 4.05. The Hall–Kier alpha value is -2.77. The van der Waals surface area contributed by atoms with Crippen LogP contribution >= 0.6 is 0 Å². The Bertz CT molecular complexity index is 660. The van der Waals surface area contributed by atoms with Gasteiger partial charge >= 0.3 is 6.03 Å². The van der Waals surface area contributed by atoms with Crippen LogP contribution in [0.25, 0.3) is 0 Å². The van der Waals surface area contributed by atoms with Crippen molar-refractivity contribution in [3.8, 4) is 5.75 Å². The van der Waals surface area contributed by atoms with E-state index < -0.39 is 0 Å². The molecule has 134 valence electrons. The Labute approximate surface area is 146 Å². The fourth-order valence-corrected chi connectivity index (χ4v) is 2.92. The molecule has 0 radical (unpaired) electrons. The van der Waals surface area contributed by atoms with Gasteiger partial charge in [-0.25, -0.2) is 4.79 Å². The molecule has 8 heteroatoms. The zero-order valence-corrected chi connectivity index (χ0v) is 14.2. The summed E-state index contributed by atoms with van der Waals surface area (Å²) in [7, 11) is 0. The van der Waals surface area contributed by atoms with Crippen molar-refractivity contribution in [3.63, 3.8) is 0 Å². The molecule has 25 heavy (non-hydrogen) atoms. The van der Waals surface area contributed by atoms with Crippen LogP contribution in [0.5, 0.6) is 5.75 Å². The van der Waals surface area contributed by atoms with E-state index in [1.165, 1.54) is 4.90 Å². The lowest BCUT2D eigenvalue weighted by molar-refractivity contribution is -0.124. The number of imide groups is 1. The van der Waals surface area contributed by atoms with Gasteiger partial charge in [0.05, 0.1) is 32.3 Å². The van der Waals surface area contributed by atoms with Gasteiger partial charge in [-0.2, -0.15) is 0 Å². The van der Waals surface area contributed by atoms with E-state index in [9.17, 15) is 9.59 Å². The number of aliphatic imine (C=N–C) groups is 1. The lowest BCUT2D eigenvalue weighted by atomic mass is 10.0. The monoisotopic (exact) mass is 345 g/mol. The highest BCUT2D eigenvalue weighted by molar-refractivity contribution is 6.01. The maximum Gasteiger partial charge on any atom is 0.324 e. The number of fused-ring (bicyclic) bond motifs is 1. The van der Waals surface area contributed by atoms with Gasteiger partial charge < -0.3 is 20.7 Å². The third kappa shape index (κ3) is 4.01. The number of rotatable bonds is 5. The lowest BCUT2D eigenvalue weighted by Crippen LogP contribution is -2.41. The molecule has 0 saturated carbocycles. The number of carbonyl (C=O) groups excluding carboxylic acids is 2. The molecule has 1 atom stereocenters. The number of hydrogen-bond donors (Lipinski definition) is 3. The number of amides is 3. The predicted octanol–water partition coefficient (Wildman–Crippen LogP) is 0.617. The van der Waals surface area contributed by atoms with E-state index in [1.807, 2.05) is 31.2 Å². The first-order valence-electron chi connectivity index (χ1n) is 8.54. The molecular formula is C17H23N5O3. The molecule has 1 fully saturated rings. The number of urea groups is 1. The molecule has 1 saturated heterocycles. The van der Waals surface area contributed by atoms with Crippen molar-refractivity contribution in [1.29, 1.82) is 0 Å². The van der Waals surface area contributed by atoms with E-state index >= 15 is 0 Å². The fourth-order valence-electron chi connectivity index (χ4n) is 2.92. The second kappa shape index (κ2) is 7.87. The number of guanidine groups is 1. The van der Waals surface area contributed by atoms with Crippen molar-refractivity contribution in [2.75, 3.05) is 32.8 Å². The van der Waals surface area contributed by atoms with Crippen LogP contribution in [0.3, 0.4) is 0 Å². The van der Waals surface area contributed by atoms with E-state index in [1.54, 1.807) is 0 Å². The maximum absolute atomic E-state index is 11.6. The number of carbonyl (C=O) groups is 2. The highest BCUT2D eigenvalue weighted by Gasteiger charge is 2.27. The van der Waals surface area contributed by atoms with Gasteiger partial charge in [0.2, 0.25) is 5.91 Å². The minimum atomic E-state index is -0.350. The summed E-state index contributed by atoms with van der Waals surface area (Å²) in [6.07, 6.45) is 0.842. The fraction of sp³-hybridized carbons (Fsp3) is 0.471. The van der Waals surface area contributed by atoms with Gasteiger partial charge in [-0.3, -0.25) is 14.7 Å². The number of ether oxygens (including phenoxy) is 1. The van der Waals surface area contributed by atoms with Crippen LogP contribution in [0.1, 0.15) is 24.9 Å². The molecule has 3 amide bonds. The summed E-state index contributed by atoms with van der Waals surface area (Å²) in [5.41, 5.74) is 1.11. The molecular weight excluding hydrogens is 322 g/mol. The highest BCUT2D eigenvalue weighted by Crippen LogP contribution is 2.31. The molecule has 3 N–H and O–H groups in total. The van der Waals surface area contributed by atoms with Crippen LogP contribution in [0, 0.1) is 0 Å². The van der Waals surface area contributed by atoms with E-state index in [4.69, 9.17) is 4.74 Å². The smallest absolute Gasteiger partial charge is 0.324 e. The molecule has 1 unspecified atom stereocenters. The Kier molecular flexibility index (Phi) is 5.37. The molecule has 1 aromatic carbocycles. The summed E-state index contributed by atoms with van der Waals surface area (Å²) in [5, 5.41) is 9.12. The van der Waals surface area contributed by atoms with E-state index in [0.29, 0.717) is 19.1 Å². The molecule has 0 aromatic heterocycles. The molecule has 2 aliphatic rings. The number of para-hydroxylation sites is 1. The van der Waals surface area contributed by atoms with Crippen molar-refractivity contribution in [3.05, 3.63) is 29.8 Å². The van der Waals surface area contributed by atoms with Gasteiger partial charge in [0.1, 0.15) is 5.75 Å². The number of hydrogen-bond acceptors (Lipinski definition) is 4. The first-order chi connectivity index (χ1) is 12.2. The van der Waals surface area contributed by atoms with Crippen LogP contribution in [-0.2, 0) is 4.79 Å². The molecule has 0 bridgehead atoms. The first-order valence-corrected chi connectivity index (χ1v) is 8.54. The Morgan fingerprint density at radius 2 is 2.24 bits per heavy atom. The van der Waals surface area contributed by atoms with Gasteiger partial charge in [-0.1, -0.05) is 18.2 Å². The van der Waals surface area contributed by atoms with E-state index in [0.717, 1.165) is 24.3 Å². The van der Waals surface area contributed by atoms with Crippen LogP contribution in [0.4, 0.5) is 4.79 Å². The Morgan fingerprint density at radius 3 is 3.00 bits per heavy atom. The Morgan fingerprint density at radius 1 is 1.40 bits per heavy atom. The number of nitrogens with one attached hydrogen (secondary N) is 3. The second-order valence-corrected chi connectivity index (χ2v) is 5.84. The van der Waals surface area contributed by atoms with Gasteiger partial charge in [0, 0.05) is 18.5 Å². The second-order valence-electron chi connectivity index (χ2n) is 5.84. The standard InChI is InChI=1S/C17H23N5O3/c1-2-18-16(19-8-9-22-15(23)11-20-17(22)24)21-13-7-10-25-14-6-4-3-5-12(13)14/h3-6,13H,2,7-11H2,1H3,(H,20,24)(H2,18,19,21). The van der Waals surface area contributed by atoms with Crippen molar-refractivity contribution < 1.29 is 14.3 Å². The normalized spacial score (nSPS) is 20.0. The molecule has 2 heterocycles. The summed E-state index contributed by atoms with van der Waals surface area (Å²) >= 11 is 0. The quantitative estimate of drug-likeness (QED) is 0.413. The predicted molar refractivity (Wildman–Crippen MR) is 93.5 cm³/mol. The number of nitrogens with zero attached hydrogens (tertiary/aromatic N) is 2. The minimum absolute atomic E-state index is 0.0692. The minimum Gasteiger partial charge on any atom is -0.493 e. The highest BCUT2D eigenvalue weighted by atomic mass is 16.5. The summed E-state index contributed by atoms with van der Waals surface area (Å²) < 4.78 is 5.68. The molecule has 2 aliphatic heterocycles. The molecule has 0 aliphatic carbocycles. The van der Waals surface area contributed by atoms with Crippen molar-refractivity contribution in [2.24, 2.45) is 4.99 Å². The molecule has 0 spiro atoms. The van der Waals surface area contributed by atoms with E-state index in [2.05, 4.69) is 20.9 Å². The summed E-state index contributed by atoms with van der Waals surface area (Å²) in [6, 6.07) is 7.71. The van der Waals surface area contributed by atoms with Crippen LogP contribution in [0.15, 0.2) is 29.3 Å². The maximum atomic E-state index is 11.6. The average molecular weight is 345 g/mol. The van der Waals surface area contributed by atoms with Crippen LogP contribution in [0.2, 0.25) is 0 Å². The van der Waals surface area contributed by atoms with Crippen LogP contribution in [-0.4, -0.2) is 55.6 Å². The zero-order chi connectivity index (χ0) is 17.6. The largest absolute Gasteiger partial charge is 0.493 e. The summed E-state index contributed by atoms with van der Waals surface area (Å²) in [4.78, 5) is 28.8. The molecule has 1 aromatic rings. The van der Waals surface area contributed by atoms with Gasteiger partial charge in [0.15, 0.2) is 5.96 Å². The van der Waals surface area contributed by atoms with Crippen LogP contribution < -0.4 is 20.7 Å². The average Bonchev–Trinajstić information content (AvgIpc) is 2.94. The molecule has 3 rings (SSSR count). The van der Waals surface area contributed by atoms with Crippen molar-refractivity contribution >= 4 is 17.9 Å². The topological polar surface area (TPSA) is 95.1 Å². The lowest BCUT2D eigenvalue weighted by Gasteiger charge is -2.28. The number of benzene rings is 1. The zero-order valence-electron chi connectivity index (χ0n) is 14.2. The SMILES string of the molecule is CCNC(=NCCN1C(=O)CNC1=O)NC1CCOc2ccccc21. The van der Waals surface area contributed by atoms with Crippen molar-refractivity contribution in [1.82, 2.24) is 20.9 Å². The molecule has 8 nitrogen and oxygen atoms in total. The van der Waals surface area contributed by atoms with Crippen molar-refractivity contribution in [2.45, 2.75) is 19.4 Å².